The summed E-state index contributed by atoms with van der Waals surface area (Å²) >= 11 is 0. The molecule has 7 heteroatoms. The largest absolute Gasteiger partial charge is 0.480 e. The van der Waals surface area contributed by atoms with Crippen LogP contribution in [0.2, 0.25) is 0 Å². The summed E-state index contributed by atoms with van der Waals surface area (Å²) in [6, 6.07) is 15.5. The number of carbonyl (C=O) groups excluding carboxylic acids is 2. The van der Waals surface area contributed by atoms with Gasteiger partial charge in [0.15, 0.2) is 0 Å². The molecule has 0 spiro atoms. The van der Waals surface area contributed by atoms with E-state index in [-0.39, 0.29) is 30.8 Å². The maximum absolute atomic E-state index is 12.4. The zero-order valence-corrected chi connectivity index (χ0v) is 19.9. The molecule has 7 nitrogen and oxygen atoms in total. The number of carboxylic acid groups (broad SMARTS) is 1. The molecule has 0 heterocycles. The van der Waals surface area contributed by atoms with Crippen molar-refractivity contribution in [3.8, 4) is 11.1 Å². The van der Waals surface area contributed by atoms with Crippen molar-refractivity contribution < 1.29 is 24.2 Å². The normalized spacial score (nSPS) is 13.9. The number of benzene rings is 2. The van der Waals surface area contributed by atoms with Crippen LogP contribution in [0.1, 0.15) is 63.0 Å². The highest BCUT2D eigenvalue weighted by Gasteiger charge is 2.29. The molecule has 3 N–H and O–H groups in total. The van der Waals surface area contributed by atoms with E-state index in [0.717, 1.165) is 19.3 Å². The van der Waals surface area contributed by atoms with Gasteiger partial charge in [0.05, 0.1) is 0 Å². The summed E-state index contributed by atoms with van der Waals surface area (Å²) in [4.78, 5) is 35.2. The van der Waals surface area contributed by atoms with Gasteiger partial charge in [0.2, 0.25) is 5.91 Å². The zero-order valence-electron chi connectivity index (χ0n) is 19.9. The summed E-state index contributed by atoms with van der Waals surface area (Å²) in [6.07, 6.45) is 3.13. The van der Waals surface area contributed by atoms with Gasteiger partial charge in [0.25, 0.3) is 0 Å². The highest BCUT2D eigenvalue weighted by atomic mass is 16.5. The lowest BCUT2D eigenvalue weighted by atomic mass is 9.94. The third kappa shape index (κ3) is 6.59. The van der Waals surface area contributed by atoms with E-state index in [0.29, 0.717) is 13.0 Å². The summed E-state index contributed by atoms with van der Waals surface area (Å²) in [5, 5.41) is 14.2. The first-order chi connectivity index (χ1) is 16.4. The van der Waals surface area contributed by atoms with Crippen LogP contribution in [0.3, 0.4) is 0 Å². The molecule has 0 radical (unpaired) electrons. The fraction of sp³-hybridized carbons (Fsp3) is 0.444. The van der Waals surface area contributed by atoms with Crippen molar-refractivity contribution in [3.05, 3.63) is 59.7 Å². The second-order valence-electron chi connectivity index (χ2n) is 8.86. The first kappa shape index (κ1) is 25.3. The molecule has 0 bridgehead atoms. The molecule has 0 saturated carbocycles. The molecule has 0 aromatic heterocycles. The van der Waals surface area contributed by atoms with Crippen molar-refractivity contribution in [1.29, 1.82) is 0 Å². The van der Waals surface area contributed by atoms with Crippen LogP contribution in [0.4, 0.5) is 4.79 Å². The van der Waals surface area contributed by atoms with Crippen LogP contribution in [-0.4, -0.2) is 42.3 Å². The van der Waals surface area contributed by atoms with Gasteiger partial charge in [0, 0.05) is 18.9 Å². The molecular weight excluding hydrogens is 432 g/mol. The van der Waals surface area contributed by atoms with E-state index in [1.807, 2.05) is 24.3 Å². The maximum Gasteiger partial charge on any atom is 0.407 e. The molecule has 0 fully saturated rings. The average Bonchev–Trinajstić information content (AvgIpc) is 3.15. The van der Waals surface area contributed by atoms with Gasteiger partial charge in [-0.25, -0.2) is 4.79 Å². The van der Waals surface area contributed by atoms with Crippen molar-refractivity contribution in [2.45, 2.75) is 57.9 Å². The highest BCUT2D eigenvalue weighted by Crippen LogP contribution is 2.44. The number of rotatable bonds is 12. The van der Waals surface area contributed by atoms with Crippen LogP contribution in [-0.2, 0) is 14.3 Å². The van der Waals surface area contributed by atoms with Gasteiger partial charge in [-0.2, -0.15) is 0 Å². The van der Waals surface area contributed by atoms with E-state index < -0.39 is 18.1 Å². The van der Waals surface area contributed by atoms with Crippen LogP contribution in [0.15, 0.2) is 48.5 Å². The van der Waals surface area contributed by atoms with Gasteiger partial charge >= 0.3 is 12.1 Å². The summed E-state index contributed by atoms with van der Waals surface area (Å²) in [6.45, 7) is 4.27. The molecule has 3 rings (SSSR count). The highest BCUT2D eigenvalue weighted by molar-refractivity contribution is 5.83. The van der Waals surface area contributed by atoms with E-state index >= 15 is 0 Å². The number of fused-ring (bicyclic) bond motifs is 3. The average molecular weight is 467 g/mol. The SMILES string of the molecule is CCCC(CCNC(=O)OCC1c2ccccc2-c2ccccc21)CCC(=O)NC(C)C(=O)O. The Morgan fingerprint density at radius 1 is 0.971 bits per heavy atom. The number of alkyl carbamates (subject to hydrolysis) is 1. The minimum absolute atomic E-state index is 0.0256. The second-order valence-corrected chi connectivity index (χ2v) is 8.86. The number of aliphatic carboxylic acids is 1. The minimum Gasteiger partial charge on any atom is -0.480 e. The number of hydrogen-bond acceptors (Lipinski definition) is 4. The van der Waals surface area contributed by atoms with Gasteiger partial charge < -0.3 is 20.5 Å². The Balaban J connectivity index is 1.44. The lowest BCUT2D eigenvalue weighted by Gasteiger charge is -2.18. The molecule has 34 heavy (non-hydrogen) atoms. The van der Waals surface area contributed by atoms with Crippen LogP contribution >= 0.6 is 0 Å². The Bertz CT molecular complexity index is 961. The smallest absolute Gasteiger partial charge is 0.407 e. The molecule has 2 unspecified atom stereocenters. The van der Waals surface area contributed by atoms with E-state index in [4.69, 9.17) is 9.84 Å². The molecule has 2 aromatic carbocycles. The van der Waals surface area contributed by atoms with E-state index in [2.05, 4.69) is 41.8 Å². The number of hydrogen-bond donors (Lipinski definition) is 3. The topological polar surface area (TPSA) is 105 Å². The van der Waals surface area contributed by atoms with Gasteiger partial charge in [-0.1, -0.05) is 68.3 Å². The first-order valence-corrected chi connectivity index (χ1v) is 12.0. The van der Waals surface area contributed by atoms with Crippen molar-refractivity contribution in [2.75, 3.05) is 13.2 Å². The molecular formula is C27H34N2O5. The number of nitrogens with one attached hydrogen (secondary N) is 2. The fourth-order valence-corrected chi connectivity index (χ4v) is 4.58. The number of ether oxygens (including phenoxy) is 1. The van der Waals surface area contributed by atoms with Crippen molar-refractivity contribution in [2.24, 2.45) is 5.92 Å². The third-order valence-corrected chi connectivity index (χ3v) is 6.39. The quantitative estimate of drug-likeness (QED) is 0.421. The third-order valence-electron chi connectivity index (χ3n) is 6.39. The molecule has 0 aliphatic heterocycles. The van der Waals surface area contributed by atoms with Crippen molar-refractivity contribution >= 4 is 18.0 Å². The Morgan fingerprint density at radius 3 is 2.18 bits per heavy atom. The van der Waals surface area contributed by atoms with Crippen LogP contribution in [0, 0.1) is 5.92 Å². The zero-order chi connectivity index (χ0) is 24.5. The predicted molar refractivity (Wildman–Crippen MR) is 131 cm³/mol. The molecule has 1 aliphatic rings. The minimum atomic E-state index is -1.05. The summed E-state index contributed by atoms with van der Waals surface area (Å²) in [5.41, 5.74) is 4.73. The number of amides is 2. The van der Waals surface area contributed by atoms with E-state index in [9.17, 15) is 14.4 Å². The standard InChI is InChI=1S/C27H34N2O5/c1-3-8-19(13-14-25(30)29-18(2)26(31)32)15-16-28-27(33)34-17-24-22-11-6-4-9-20(22)21-10-5-7-12-23(21)24/h4-7,9-12,18-19,24H,3,8,13-17H2,1-2H3,(H,28,33)(H,29,30)(H,31,32). The molecule has 2 aromatic rings. The second kappa shape index (κ2) is 12.2. The van der Waals surface area contributed by atoms with Gasteiger partial charge in [-0.15, -0.1) is 0 Å². The number of carboxylic acids is 1. The lowest BCUT2D eigenvalue weighted by molar-refractivity contribution is -0.141. The molecule has 2 atom stereocenters. The van der Waals surface area contributed by atoms with Gasteiger partial charge in [-0.3, -0.25) is 9.59 Å². The predicted octanol–water partition coefficient (Wildman–Crippen LogP) is 4.70. The molecule has 0 saturated heterocycles. The Kier molecular flexibility index (Phi) is 9.08. The Morgan fingerprint density at radius 2 is 1.59 bits per heavy atom. The van der Waals surface area contributed by atoms with E-state index in [1.54, 1.807) is 0 Å². The Labute approximate surface area is 200 Å². The molecule has 2 amide bonds. The van der Waals surface area contributed by atoms with Crippen molar-refractivity contribution in [1.82, 2.24) is 10.6 Å². The summed E-state index contributed by atoms with van der Waals surface area (Å²) < 4.78 is 5.58. The molecule has 182 valence electrons. The van der Waals surface area contributed by atoms with Gasteiger partial charge in [-0.05, 0) is 47.9 Å². The lowest BCUT2D eigenvalue weighted by Crippen LogP contribution is -2.38. The van der Waals surface area contributed by atoms with Gasteiger partial charge in [0.1, 0.15) is 12.6 Å². The van der Waals surface area contributed by atoms with E-state index in [1.165, 1.54) is 29.2 Å². The Hall–Kier alpha value is -3.35. The first-order valence-electron chi connectivity index (χ1n) is 12.0. The fourth-order valence-electron chi connectivity index (χ4n) is 4.58. The van der Waals surface area contributed by atoms with Crippen molar-refractivity contribution in [3.63, 3.8) is 0 Å². The monoisotopic (exact) mass is 466 g/mol. The van der Waals surface area contributed by atoms with Crippen LogP contribution in [0.5, 0.6) is 0 Å². The maximum atomic E-state index is 12.4. The summed E-state index contributed by atoms with van der Waals surface area (Å²) in [5.74, 6) is -1.02. The van der Waals surface area contributed by atoms with Crippen LogP contribution in [0.25, 0.3) is 11.1 Å². The molecule has 1 aliphatic carbocycles. The number of carbonyl (C=O) groups is 3. The van der Waals surface area contributed by atoms with Crippen LogP contribution < -0.4 is 10.6 Å². The summed E-state index contributed by atoms with van der Waals surface area (Å²) in [7, 11) is 0.